The molecule has 9 aliphatic rings. The average molecular weight is 843 g/mol. The third-order valence-corrected chi connectivity index (χ3v) is 16.8. The van der Waals surface area contributed by atoms with Gasteiger partial charge in [0, 0.05) is 33.6 Å². The Morgan fingerprint density at radius 2 is 1.57 bits per heavy atom. The highest BCUT2D eigenvalue weighted by atomic mass is 16.5. The van der Waals surface area contributed by atoms with Crippen LogP contribution in [-0.2, 0) is 11.8 Å². The first-order valence-electron chi connectivity index (χ1n) is 24.8. The first kappa shape index (κ1) is 37.9. The summed E-state index contributed by atoms with van der Waals surface area (Å²) in [6, 6.07) is 30.3. The Bertz CT molecular complexity index is 3420. The van der Waals surface area contributed by atoms with Gasteiger partial charge in [-0.2, -0.15) is 0 Å². The predicted octanol–water partition coefficient (Wildman–Crippen LogP) is 12.2. The lowest BCUT2D eigenvalue weighted by molar-refractivity contribution is 0.266. The van der Waals surface area contributed by atoms with Crippen molar-refractivity contribution in [3.8, 4) is 5.75 Å². The summed E-state index contributed by atoms with van der Waals surface area (Å²) in [6.45, 7) is 0. The molecule has 0 radical (unpaired) electrons. The van der Waals surface area contributed by atoms with E-state index < -0.39 is 0 Å². The minimum atomic E-state index is -0.185. The van der Waals surface area contributed by atoms with Crippen molar-refractivity contribution in [1.29, 1.82) is 0 Å². The van der Waals surface area contributed by atoms with E-state index in [1.165, 1.54) is 102 Å². The molecular formula is C63H54O2. The fourth-order valence-corrected chi connectivity index (χ4v) is 14.2. The van der Waals surface area contributed by atoms with E-state index in [0.717, 1.165) is 68.3 Å². The molecule has 2 nitrogen and oxygen atoms in total. The van der Waals surface area contributed by atoms with E-state index >= 15 is 0 Å². The highest BCUT2D eigenvalue weighted by Gasteiger charge is 2.55. The van der Waals surface area contributed by atoms with Crippen LogP contribution in [0.2, 0.25) is 0 Å². The van der Waals surface area contributed by atoms with Gasteiger partial charge in [-0.3, -0.25) is 0 Å². The summed E-state index contributed by atoms with van der Waals surface area (Å²) in [4.78, 5) is 0. The first-order valence-corrected chi connectivity index (χ1v) is 24.8. The Hall–Kier alpha value is -6.38. The molecule has 2 heteroatoms. The second-order valence-corrected chi connectivity index (χ2v) is 19.9. The minimum Gasteiger partial charge on any atom is -0.485 e. The molecule has 8 aliphatic carbocycles. The highest BCUT2D eigenvalue weighted by molar-refractivity contribution is 6.02. The molecule has 0 bridgehead atoms. The third-order valence-electron chi connectivity index (χ3n) is 16.8. The van der Waals surface area contributed by atoms with Gasteiger partial charge in [0.25, 0.3) is 0 Å². The Balaban J connectivity index is 1.07. The molecule has 1 aromatic heterocycles. The van der Waals surface area contributed by atoms with Crippen molar-refractivity contribution in [2.45, 2.75) is 94.5 Å². The van der Waals surface area contributed by atoms with Crippen molar-refractivity contribution in [1.82, 2.24) is 0 Å². The number of para-hydroxylation sites is 1. The predicted molar refractivity (Wildman–Crippen MR) is 267 cm³/mol. The van der Waals surface area contributed by atoms with Crippen LogP contribution >= 0.6 is 0 Å². The van der Waals surface area contributed by atoms with E-state index in [0.29, 0.717) is 11.8 Å². The van der Waals surface area contributed by atoms with Crippen LogP contribution in [0.5, 0.6) is 5.75 Å². The van der Waals surface area contributed by atoms with Gasteiger partial charge in [-0.1, -0.05) is 139 Å². The van der Waals surface area contributed by atoms with Crippen molar-refractivity contribution in [2.24, 2.45) is 11.8 Å². The molecular weight excluding hydrogens is 789 g/mol. The van der Waals surface area contributed by atoms with Crippen molar-refractivity contribution < 1.29 is 9.15 Å². The Morgan fingerprint density at radius 1 is 0.677 bits per heavy atom. The standard InChI is InChI=1S/C63H54O2/c1-3-17-40(18-4-1)63(41-19-5-2-6-20-41)54-30-10-7-21-44(54)45-36-35-39(37-55(45)63)60-48-26-13-24-42(46-28-15-33-58-61(46)50-22-8-11-31-56(50)64-58)52(48)38-53-43(25-14-27-49(53)60)47-29-16-34-59-62(47)51-23-9-12-32-57(51)65-59/h1,3-4,7-8,10-12,14-15,17-19,21-22,25-28,30-34,37-38,44,54,58,61H,2,5-6,9,13,16,20,23-24,29,35-36H2. The van der Waals surface area contributed by atoms with Gasteiger partial charge in [-0.05, 0) is 173 Å². The molecule has 5 aromatic rings. The number of benzene rings is 4. The fraction of sp³-hybridized carbons (Fsp3) is 0.270. The topological polar surface area (TPSA) is 22.4 Å². The molecule has 0 saturated carbocycles. The maximum Gasteiger partial charge on any atom is 0.131 e. The summed E-state index contributed by atoms with van der Waals surface area (Å²) in [5, 5.41) is 6.96. The number of hydrogen-bond donors (Lipinski definition) is 0. The van der Waals surface area contributed by atoms with Gasteiger partial charge < -0.3 is 9.15 Å². The summed E-state index contributed by atoms with van der Waals surface area (Å²) in [5.41, 5.74) is 18.6. The third kappa shape index (κ3) is 5.52. The number of ether oxygens (including phenoxy) is 1. The molecule has 0 fully saturated rings. The zero-order chi connectivity index (χ0) is 42.6. The summed E-state index contributed by atoms with van der Waals surface area (Å²) < 4.78 is 13.3. The van der Waals surface area contributed by atoms with Crippen LogP contribution in [0, 0.1) is 11.8 Å². The number of allylic oxidation sites excluding steroid dienone is 13. The van der Waals surface area contributed by atoms with Crippen LogP contribution in [0.1, 0.15) is 110 Å². The molecule has 65 heavy (non-hydrogen) atoms. The number of hydrogen-bond acceptors (Lipinski definition) is 2. The van der Waals surface area contributed by atoms with Gasteiger partial charge in [0.2, 0.25) is 0 Å². The van der Waals surface area contributed by atoms with Crippen molar-refractivity contribution >= 4 is 45.7 Å². The quantitative estimate of drug-likeness (QED) is 0.165. The number of fused-ring (bicyclic) bond motifs is 10. The summed E-state index contributed by atoms with van der Waals surface area (Å²) in [7, 11) is 0. The molecule has 0 saturated heterocycles. The minimum absolute atomic E-state index is 0.0131. The van der Waals surface area contributed by atoms with Gasteiger partial charge in [0.05, 0.1) is 5.92 Å². The number of rotatable bonds is 5. The van der Waals surface area contributed by atoms with Crippen molar-refractivity contribution in [3.63, 3.8) is 0 Å². The van der Waals surface area contributed by atoms with Gasteiger partial charge in [-0.15, -0.1) is 0 Å². The van der Waals surface area contributed by atoms with Crippen LogP contribution in [0.3, 0.4) is 0 Å². The normalized spacial score (nSPS) is 26.7. The average Bonchev–Trinajstić information content (AvgIpc) is 4.04. The summed E-state index contributed by atoms with van der Waals surface area (Å²) >= 11 is 0. The van der Waals surface area contributed by atoms with E-state index in [1.54, 1.807) is 16.7 Å². The SMILES string of the molecule is C1=CC2Oc3ccccc3C2C(C2=c3cc4c(C5=c6c7c(oc6=CCC5)C=CCC7)cccc4c(C4=CC5=C(CC4)C4C=CC=CC4C5(C4=CCCCC4)c4ccccc4)c3=CCC2)=C1. The lowest BCUT2D eigenvalue weighted by atomic mass is 9.59. The lowest BCUT2D eigenvalue weighted by Gasteiger charge is -2.43. The summed E-state index contributed by atoms with van der Waals surface area (Å²) in [5.74, 6) is 3.05. The summed E-state index contributed by atoms with van der Waals surface area (Å²) in [6.07, 6.45) is 44.7. The van der Waals surface area contributed by atoms with Gasteiger partial charge in [0.1, 0.15) is 23.0 Å². The zero-order valence-electron chi connectivity index (χ0n) is 37.1. The van der Waals surface area contributed by atoms with Crippen LogP contribution < -0.4 is 25.8 Å². The van der Waals surface area contributed by atoms with Gasteiger partial charge in [-0.25, -0.2) is 0 Å². The van der Waals surface area contributed by atoms with Crippen LogP contribution in [0.4, 0.5) is 0 Å². The van der Waals surface area contributed by atoms with Crippen LogP contribution in [0.25, 0.3) is 45.7 Å². The molecule has 2 heterocycles. The lowest BCUT2D eigenvalue weighted by Crippen LogP contribution is -2.38. The van der Waals surface area contributed by atoms with E-state index in [2.05, 4.69) is 158 Å². The van der Waals surface area contributed by atoms with Crippen LogP contribution in [-0.4, -0.2) is 6.10 Å². The fourth-order valence-electron chi connectivity index (χ4n) is 14.2. The first-order chi connectivity index (χ1) is 32.3. The zero-order valence-corrected chi connectivity index (χ0v) is 37.1. The molecule has 4 aromatic carbocycles. The maximum absolute atomic E-state index is 6.67. The monoisotopic (exact) mass is 842 g/mol. The smallest absolute Gasteiger partial charge is 0.131 e. The molecule has 0 amide bonds. The highest BCUT2D eigenvalue weighted by Crippen LogP contribution is 2.62. The Labute approximate surface area is 381 Å². The Morgan fingerprint density at radius 3 is 2.51 bits per heavy atom. The second-order valence-electron chi connectivity index (χ2n) is 19.9. The molecule has 318 valence electrons. The molecule has 14 rings (SSSR count). The van der Waals surface area contributed by atoms with Crippen LogP contribution in [0.15, 0.2) is 166 Å². The van der Waals surface area contributed by atoms with Crippen molar-refractivity contribution in [2.75, 3.05) is 0 Å². The van der Waals surface area contributed by atoms with E-state index in [4.69, 9.17) is 9.15 Å². The van der Waals surface area contributed by atoms with E-state index in [1.807, 2.05) is 0 Å². The van der Waals surface area contributed by atoms with Gasteiger partial charge >= 0.3 is 0 Å². The van der Waals surface area contributed by atoms with Crippen molar-refractivity contribution in [3.05, 3.63) is 217 Å². The molecule has 0 spiro atoms. The largest absolute Gasteiger partial charge is 0.485 e. The molecule has 5 unspecified atom stereocenters. The maximum atomic E-state index is 6.67. The second kappa shape index (κ2) is 14.8. The number of furan rings is 1. The molecule has 5 atom stereocenters. The van der Waals surface area contributed by atoms with E-state index in [9.17, 15) is 0 Å². The molecule has 0 N–H and O–H groups in total. The Kier molecular flexibility index (Phi) is 8.65. The van der Waals surface area contributed by atoms with E-state index in [-0.39, 0.29) is 17.4 Å². The van der Waals surface area contributed by atoms with Gasteiger partial charge in [0.15, 0.2) is 0 Å². The molecule has 1 aliphatic heterocycles.